The van der Waals surface area contributed by atoms with Gasteiger partial charge in [-0.2, -0.15) is 0 Å². The van der Waals surface area contributed by atoms with E-state index in [0.29, 0.717) is 0 Å². The first-order valence-corrected chi connectivity index (χ1v) is 5.76. The van der Waals surface area contributed by atoms with Gasteiger partial charge in [-0.1, -0.05) is 0 Å². The second kappa shape index (κ2) is 10.0. The van der Waals surface area contributed by atoms with Crippen molar-refractivity contribution in [1.82, 2.24) is 0 Å². The van der Waals surface area contributed by atoms with Gasteiger partial charge in [-0.15, -0.1) is 0 Å². The third-order valence-electron chi connectivity index (χ3n) is 2.22. The van der Waals surface area contributed by atoms with E-state index in [0.717, 1.165) is 0 Å². The number of esters is 2. The zero-order valence-corrected chi connectivity index (χ0v) is 11.6. The highest BCUT2D eigenvalue weighted by atomic mass is 16.6. The fourth-order valence-corrected chi connectivity index (χ4v) is 1.11. The van der Waals surface area contributed by atoms with Gasteiger partial charge in [-0.3, -0.25) is 0 Å². The first-order valence-electron chi connectivity index (χ1n) is 5.76. The van der Waals surface area contributed by atoms with Crippen molar-refractivity contribution in [2.45, 2.75) is 18.3 Å². The molecule has 0 fully saturated rings. The van der Waals surface area contributed by atoms with E-state index in [4.69, 9.17) is 14.6 Å². The Morgan fingerprint density at radius 1 is 0.952 bits per heavy atom. The molecule has 3 atom stereocenters. The zero-order chi connectivity index (χ0) is 16.4. The molecule has 0 spiro atoms. The van der Waals surface area contributed by atoms with E-state index in [1.807, 2.05) is 0 Å². The maximum absolute atomic E-state index is 11.4. The summed E-state index contributed by atoms with van der Waals surface area (Å²) in [6.07, 6.45) is -5.03. The van der Waals surface area contributed by atoms with Gasteiger partial charge >= 0.3 is 17.9 Å². The van der Waals surface area contributed by atoms with Crippen molar-refractivity contribution in [3.05, 3.63) is 0 Å². The summed E-state index contributed by atoms with van der Waals surface area (Å²) < 4.78 is 18.4. The summed E-state index contributed by atoms with van der Waals surface area (Å²) in [7, 11) is 2.76. The summed E-state index contributed by atoms with van der Waals surface area (Å²) in [5.41, 5.74) is 0. The Bertz CT molecular complexity index is 355. The Labute approximate surface area is 120 Å². The Balaban J connectivity index is 4.29. The summed E-state index contributed by atoms with van der Waals surface area (Å²) >= 11 is 0. The van der Waals surface area contributed by atoms with Gasteiger partial charge in [0.05, 0.1) is 6.61 Å². The SMILES string of the molecule is COCC(COC(=O)C(O)C(O)C(=O)OCC(=O)O)OC. The first kappa shape index (κ1) is 19.2. The highest BCUT2D eigenvalue weighted by Gasteiger charge is 2.33. The van der Waals surface area contributed by atoms with Gasteiger partial charge in [0.2, 0.25) is 0 Å². The average molecular weight is 310 g/mol. The lowest BCUT2D eigenvalue weighted by Gasteiger charge is -2.18. The predicted octanol–water partition coefficient (Wildman–Crippen LogP) is -2.46. The maximum atomic E-state index is 11.4. The van der Waals surface area contributed by atoms with Crippen LogP contribution in [0.3, 0.4) is 0 Å². The van der Waals surface area contributed by atoms with Crippen molar-refractivity contribution in [3.63, 3.8) is 0 Å². The number of methoxy groups -OCH3 is 2. The second-order valence-electron chi connectivity index (χ2n) is 3.83. The molecule has 0 amide bonds. The third-order valence-corrected chi connectivity index (χ3v) is 2.22. The topological polar surface area (TPSA) is 149 Å². The number of aliphatic hydroxyl groups is 2. The number of carbonyl (C=O) groups is 3. The van der Waals surface area contributed by atoms with Gasteiger partial charge in [0.1, 0.15) is 12.7 Å². The summed E-state index contributed by atoms with van der Waals surface area (Å²) in [6, 6.07) is 0. The van der Waals surface area contributed by atoms with Gasteiger partial charge in [-0.25, -0.2) is 14.4 Å². The van der Waals surface area contributed by atoms with Crippen LogP contribution in [0.4, 0.5) is 0 Å². The standard InChI is InChI=1S/C11H18O10/c1-18-3-6(19-2)4-20-10(16)8(14)9(15)11(17)21-5-7(12)13/h6,8-9,14-15H,3-5H2,1-2H3,(H,12,13). The molecular formula is C11H18O10. The molecule has 3 unspecified atom stereocenters. The van der Waals surface area contributed by atoms with E-state index in [9.17, 15) is 24.6 Å². The number of aliphatic hydroxyl groups excluding tert-OH is 2. The molecule has 0 bridgehead atoms. The molecular weight excluding hydrogens is 292 g/mol. The summed E-state index contributed by atoms with van der Waals surface area (Å²) in [4.78, 5) is 32.7. The van der Waals surface area contributed by atoms with E-state index in [1.165, 1.54) is 14.2 Å². The highest BCUT2D eigenvalue weighted by molar-refractivity contribution is 5.86. The number of ether oxygens (including phenoxy) is 4. The molecule has 0 saturated heterocycles. The summed E-state index contributed by atoms with van der Waals surface area (Å²) in [5.74, 6) is -4.19. The number of carboxylic acids is 1. The number of hydrogen-bond donors (Lipinski definition) is 3. The lowest BCUT2D eigenvalue weighted by molar-refractivity contribution is -0.177. The smallest absolute Gasteiger partial charge is 0.341 e. The normalized spacial score (nSPS) is 14.9. The second-order valence-corrected chi connectivity index (χ2v) is 3.83. The molecule has 0 saturated carbocycles. The van der Waals surface area contributed by atoms with Crippen LogP contribution in [-0.2, 0) is 33.3 Å². The molecule has 21 heavy (non-hydrogen) atoms. The fraction of sp³-hybridized carbons (Fsp3) is 0.727. The minimum Gasteiger partial charge on any atom is -0.479 e. The summed E-state index contributed by atoms with van der Waals surface area (Å²) in [5, 5.41) is 27.0. The van der Waals surface area contributed by atoms with Gasteiger partial charge in [0.15, 0.2) is 18.8 Å². The predicted molar refractivity (Wildman–Crippen MR) is 64.2 cm³/mol. The van der Waals surface area contributed by atoms with Crippen LogP contribution in [-0.4, -0.2) is 85.6 Å². The van der Waals surface area contributed by atoms with Crippen molar-refractivity contribution < 1.29 is 48.7 Å². The summed E-state index contributed by atoms with van der Waals surface area (Å²) in [6.45, 7) is -1.14. The third kappa shape index (κ3) is 7.56. The number of aliphatic carboxylic acids is 1. The minimum absolute atomic E-state index is 0.128. The van der Waals surface area contributed by atoms with Crippen LogP contribution >= 0.6 is 0 Å². The minimum atomic E-state index is -2.25. The molecule has 122 valence electrons. The van der Waals surface area contributed by atoms with Crippen LogP contribution in [0.2, 0.25) is 0 Å². The van der Waals surface area contributed by atoms with Crippen LogP contribution in [0.15, 0.2) is 0 Å². The number of carboxylic acid groups (broad SMARTS) is 1. The molecule has 0 aliphatic rings. The van der Waals surface area contributed by atoms with Crippen molar-refractivity contribution in [2.75, 3.05) is 34.0 Å². The van der Waals surface area contributed by atoms with Crippen LogP contribution < -0.4 is 0 Å². The molecule has 0 heterocycles. The van der Waals surface area contributed by atoms with Crippen molar-refractivity contribution in [2.24, 2.45) is 0 Å². The van der Waals surface area contributed by atoms with E-state index >= 15 is 0 Å². The molecule has 0 aromatic rings. The van der Waals surface area contributed by atoms with Gasteiger partial charge < -0.3 is 34.3 Å². The largest absolute Gasteiger partial charge is 0.479 e. The van der Waals surface area contributed by atoms with Crippen LogP contribution in [0.25, 0.3) is 0 Å². The van der Waals surface area contributed by atoms with E-state index in [1.54, 1.807) is 0 Å². The Morgan fingerprint density at radius 2 is 1.48 bits per heavy atom. The molecule has 3 N–H and O–H groups in total. The van der Waals surface area contributed by atoms with E-state index in [2.05, 4.69) is 9.47 Å². The van der Waals surface area contributed by atoms with E-state index in [-0.39, 0.29) is 13.2 Å². The van der Waals surface area contributed by atoms with Crippen molar-refractivity contribution in [1.29, 1.82) is 0 Å². The molecule has 10 nitrogen and oxygen atoms in total. The Morgan fingerprint density at radius 3 is 1.90 bits per heavy atom. The highest BCUT2D eigenvalue weighted by Crippen LogP contribution is 2.02. The van der Waals surface area contributed by atoms with Gasteiger partial charge in [-0.05, 0) is 0 Å². The lowest BCUT2D eigenvalue weighted by Crippen LogP contribution is -2.43. The maximum Gasteiger partial charge on any atom is 0.341 e. The number of carbonyl (C=O) groups excluding carboxylic acids is 2. The van der Waals surface area contributed by atoms with Crippen LogP contribution in [0.1, 0.15) is 0 Å². The fourth-order valence-electron chi connectivity index (χ4n) is 1.11. The molecule has 0 aromatic carbocycles. The molecule has 0 aromatic heterocycles. The molecule has 10 heteroatoms. The quantitative estimate of drug-likeness (QED) is 0.371. The Hall–Kier alpha value is -1.75. The van der Waals surface area contributed by atoms with Crippen LogP contribution in [0.5, 0.6) is 0 Å². The molecule has 0 rings (SSSR count). The Kier molecular flexibility index (Phi) is 9.21. The van der Waals surface area contributed by atoms with E-state index < -0.39 is 42.8 Å². The average Bonchev–Trinajstić information content (AvgIpc) is 2.46. The van der Waals surface area contributed by atoms with Gasteiger partial charge in [0, 0.05) is 14.2 Å². The van der Waals surface area contributed by atoms with Crippen LogP contribution in [0, 0.1) is 0 Å². The zero-order valence-electron chi connectivity index (χ0n) is 11.6. The molecule has 0 radical (unpaired) electrons. The van der Waals surface area contributed by atoms with Crippen molar-refractivity contribution >= 4 is 17.9 Å². The number of hydrogen-bond acceptors (Lipinski definition) is 9. The van der Waals surface area contributed by atoms with Crippen molar-refractivity contribution in [3.8, 4) is 0 Å². The number of rotatable bonds is 10. The first-order chi connectivity index (χ1) is 9.83. The monoisotopic (exact) mass is 310 g/mol. The van der Waals surface area contributed by atoms with Gasteiger partial charge in [0.25, 0.3) is 0 Å². The lowest BCUT2D eigenvalue weighted by atomic mass is 10.2. The molecule has 0 aliphatic heterocycles. The molecule has 0 aliphatic carbocycles.